The van der Waals surface area contributed by atoms with Crippen molar-refractivity contribution >= 4 is 17.4 Å². The zero-order valence-corrected chi connectivity index (χ0v) is 18.1. The minimum absolute atomic E-state index is 0.0815. The summed E-state index contributed by atoms with van der Waals surface area (Å²) in [5.74, 6) is 0.666. The fourth-order valence-corrected chi connectivity index (χ4v) is 3.55. The smallest absolute Gasteiger partial charge is 0.319 e. The van der Waals surface area contributed by atoms with E-state index in [1.807, 2.05) is 45.3 Å². The van der Waals surface area contributed by atoms with Crippen molar-refractivity contribution in [3.05, 3.63) is 54.1 Å². The van der Waals surface area contributed by atoms with Crippen molar-refractivity contribution in [3.8, 4) is 5.75 Å². The second-order valence-corrected chi connectivity index (χ2v) is 7.41. The van der Waals surface area contributed by atoms with E-state index >= 15 is 0 Å². The van der Waals surface area contributed by atoms with Gasteiger partial charge in [0.1, 0.15) is 5.75 Å². The first-order valence-electron chi connectivity index (χ1n) is 10.4. The Bertz CT molecular complexity index is 804. The SMILES string of the molecule is CCOc1ccccc1NC(=O)NCC(c1ccc(N(C)C)cc1)N1CCOCC1. The van der Waals surface area contributed by atoms with E-state index in [1.165, 1.54) is 5.56 Å². The number of amides is 2. The van der Waals surface area contributed by atoms with E-state index in [-0.39, 0.29) is 12.1 Å². The molecule has 0 spiro atoms. The Balaban J connectivity index is 1.68. The Kier molecular flexibility index (Phi) is 7.93. The first-order valence-corrected chi connectivity index (χ1v) is 10.4. The summed E-state index contributed by atoms with van der Waals surface area (Å²) in [4.78, 5) is 17.0. The third-order valence-electron chi connectivity index (χ3n) is 5.17. The molecule has 162 valence electrons. The van der Waals surface area contributed by atoms with E-state index in [1.54, 1.807) is 0 Å². The Hall–Kier alpha value is -2.77. The lowest BCUT2D eigenvalue weighted by Crippen LogP contribution is -2.44. The van der Waals surface area contributed by atoms with Gasteiger partial charge in [-0.1, -0.05) is 24.3 Å². The molecule has 3 rings (SSSR count). The Morgan fingerprint density at radius 2 is 1.83 bits per heavy atom. The van der Waals surface area contributed by atoms with E-state index in [0.29, 0.717) is 37.8 Å². The molecule has 2 aromatic rings. The first-order chi connectivity index (χ1) is 14.6. The molecule has 1 heterocycles. The van der Waals surface area contributed by atoms with Crippen LogP contribution >= 0.6 is 0 Å². The largest absolute Gasteiger partial charge is 0.492 e. The molecule has 2 aromatic carbocycles. The molecule has 1 atom stereocenters. The fourth-order valence-electron chi connectivity index (χ4n) is 3.55. The highest BCUT2D eigenvalue weighted by Crippen LogP contribution is 2.25. The molecule has 2 N–H and O–H groups in total. The molecule has 0 saturated carbocycles. The molecule has 0 aromatic heterocycles. The maximum atomic E-state index is 12.6. The number of carbonyl (C=O) groups excluding carboxylic acids is 1. The molecule has 7 heteroatoms. The van der Waals surface area contributed by atoms with E-state index in [9.17, 15) is 4.79 Å². The molecule has 1 aliphatic rings. The Labute approximate surface area is 179 Å². The molecular weight excluding hydrogens is 380 g/mol. The van der Waals surface area contributed by atoms with Crippen LogP contribution < -0.4 is 20.3 Å². The van der Waals surface area contributed by atoms with Gasteiger partial charge in [-0.2, -0.15) is 0 Å². The molecule has 0 aliphatic carbocycles. The van der Waals surface area contributed by atoms with Crippen LogP contribution in [0.1, 0.15) is 18.5 Å². The number of ether oxygens (including phenoxy) is 2. The van der Waals surface area contributed by atoms with Crippen LogP contribution in [0, 0.1) is 0 Å². The van der Waals surface area contributed by atoms with Gasteiger partial charge in [0.05, 0.1) is 31.5 Å². The number of rotatable bonds is 8. The number of anilines is 2. The average molecular weight is 413 g/mol. The third kappa shape index (κ3) is 5.87. The second kappa shape index (κ2) is 10.8. The van der Waals surface area contributed by atoms with Gasteiger partial charge in [-0.05, 0) is 36.8 Å². The number of carbonyl (C=O) groups is 1. The average Bonchev–Trinajstić information content (AvgIpc) is 2.76. The summed E-state index contributed by atoms with van der Waals surface area (Å²) in [6.07, 6.45) is 0. The van der Waals surface area contributed by atoms with Gasteiger partial charge in [-0.3, -0.25) is 4.90 Å². The van der Waals surface area contributed by atoms with Crippen LogP contribution in [0.25, 0.3) is 0 Å². The summed E-state index contributed by atoms with van der Waals surface area (Å²) in [5.41, 5.74) is 2.99. The van der Waals surface area contributed by atoms with Crippen molar-refractivity contribution in [2.24, 2.45) is 0 Å². The predicted molar refractivity (Wildman–Crippen MR) is 121 cm³/mol. The van der Waals surface area contributed by atoms with Crippen molar-refractivity contribution in [3.63, 3.8) is 0 Å². The van der Waals surface area contributed by atoms with Crippen LogP contribution in [0.15, 0.2) is 48.5 Å². The summed E-state index contributed by atoms with van der Waals surface area (Å²) in [6, 6.07) is 15.8. The number of hydrogen-bond acceptors (Lipinski definition) is 5. The lowest BCUT2D eigenvalue weighted by atomic mass is 10.0. The lowest BCUT2D eigenvalue weighted by Gasteiger charge is -2.35. The highest BCUT2D eigenvalue weighted by atomic mass is 16.5. The molecule has 7 nitrogen and oxygen atoms in total. The summed E-state index contributed by atoms with van der Waals surface area (Å²) in [6.45, 7) is 6.07. The van der Waals surface area contributed by atoms with E-state index in [0.717, 1.165) is 18.8 Å². The maximum Gasteiger partial charge on any atom is 0.319 e. The summed E-state index contributed by atoms with van der Waals surface area (Å²) in [5, 5.41) is 5.94. The number of nitrogens with one attached hydrogen (secondary N) is 2. The quantitative estimate of drug-likeness (QED) is 0.696. The van der Waals surface area contributed by atoms with E-state index in [4.69, 9.17) is 9.47 Å². The summed E-state index contributed by atoms with van der Waals surface area (Å²) in [7, 11) is 4.06. The molecule has 1 aliphatic heterocycles. The number of hydrogen-bond donors (Lipinski definition) is 2. The van der Waals surface area contributed by atoms with Crippen LogP contribution in [-0.4, -0.2) is 64.5 Å². The zero-order chi connectivity index (χ0) is 21.3. The van der Waals surface area contributed by atoms with Crippen LogP contribution in [0.3, 0.4) is 0 Å². The first kappa shape index (κ1) is 21.9. The van der Waals surface area contributed by atoms with Crippen LogP contribution in [0.4, 0.5) is 16.2 Å². The van der Waals surface area contributed by atoms with Gasteiger partial charge in [0.2, 0.25) is 0 Å². The van der Waals surface area contributed by atoms with Crippen molar-refractivity contribution in [1.29, 1.82) is 0 Å². The van der Waals surface area contributed by atoms with Gasteiger partial charge in [0.15, 0.2) is 0 Å². The van der Waals surface area contributed by atoms with E-state index < -0.39 is 0 Å². The third-order valence-corrected chi connectivity index (χ3v) is 5.17. The minimum atomic E-state index is -0.245. The van der Waals surface area contributed by atoms with Gasteiger partial charge >= 0.3 is 6.03 Å². The van der Waals surface area contributed by atoms with Crippen molar-refractivity contribution in [2.45, 2.75) is 13.0 Å². The molecule has 1 saturated heterocycles. The van der Waals surface area contributed by atoms with Gasteiger partial charge < -0.3 is 25.0 Å². The van der Waals surface area contributed by atoms with Crippen molar-refractivity contribution in [1.82, 2.24) is 10.2 Å². The number of benzene rings is 2. The van der Waals surface area contributed by atoms with Gasteiger partial charge in [0, 0.05) is 39.4 Å². The normalized spacial score (nSPS) is 15.3. The fraction of sp³-hybridized carbons (Fsp3) is 0.435. The van der Waals surface area contributed by atoms with Crippen LogP contribution in [-0.2, 0) is 4.74 Å². The Morgan fingerprint density at radius 3 is 2.50 bits per heavy atom. The van der Waals surface area contributed by atoms with Crippen molar-refractivity contribution in [2.75, 3.05) is 63.8 Å². The molecular formula is C23H32N4O3. The Morgan fingerprint density at radius 1 is 1.13 bits per heavy atom. The van der Waals surface area contributed by atoms with Crippen LogP contribution in [0.2, 0.25) is 0 Å². The summed E-state index contributed by atoms with van der Waals surface area (Å²) < 4.78 is 11.1. The molecule has 0 radical (unpaired) electrons. The minimum Gasteiger partial charge on any atom is -0.492 e. The van der Waals surface area contributed by atoms with Gasteiger partial charge in [-0.15, -0.1) is 0 Å². The molecule has 1 fully saturated rings. The highest BCUT2D eigenvalue weighted by Gasteiger charge is 2.23. The lowest BCUT2D eigenvalue weighted by molar-refractivity contribution is 0.0168. The molecule has 2 amide bonds. The van der Waals surface area contributed by atoms with Crippen LogP contribution in [0.5, 0.6) is 5.75 Å². The second-order valence-electron chi connectivity index (χ2n) is 7.41. The molecule has 30 heavy (non-hydrogen) atoms. The van der Waals surface area contributed by atoms with Gasteiger partial charge in [0.25, 0.3) is 0 Å². The zero-order valence-electron chi connectivity index (χ0n) is 18.1. The van der Waals surface area contributed by atoms with Gasteiger partial charge in [-0.25, -0.2) is 4.79 Å². The molecule has 1 unspecified atom stereocenters. The number of urea groups is 1. The summed E-state index contributed by atoms with van der Waals surface area (Å²) >= 11 is 0. The number of para-hydroxylation sites is 2. The molecule has 0 bridgehead atoms. The maximum absolute atomic E-state index is 12.6. The van der Waals surface area contributed by atoms with E-state index in [2.05, 4.69) is 44.7 Å². The standard InChI is InChI=1S/C23H32N4O3/c1-4-30-22-8-6-5-7-20(22)25-23(28)24-17-21(27-13-15-29-16-14-27)18-9-11-19(12-10-18)26(2)3/h5-12,21H,4,13-17H2,1-3H3,(H2,24,25,28). The highest BCUT2D eigenvalue weighted by molar-refractivity contribution is 5.90. The predicted octanol–water partition coefficient (Wildman–Crippen LogP) is 3.35. The number of nitrogens with zero attached hydrogens (tertiary/aromatic N) is 2. The van der Waals surface area contributed by atoms with Crippen molar-refractivity contribution < 1.29 is 14.3 Å². The number of morpholine rings is 1. The monoisotopic (exact) mass is 412 g/mol. The topological polar surface area (TPSA) is 66.1 Å².